The van der Waals surface area contributed by atoms with Crippen LogP contribution >= 0.6 is 31.9 Å². The molecule has 0 amide bonds. The highest BCUT2D eigenvalue weighted by Gasteiger charge is 2.38. The van der Waals surface area contributed by atoms with Crippen LogP contribution in [0.25, 0.3) is 0 Å². The van der Waals surface area contributed by atoms with Crippen LogP contribution in [0.2, 0.25) is 0 Å². The Bertz CT molecular complexity index is 723. The quantitative estimate of drug-likeness (QED) is 0.571. The summed E-state index contributed by atoms with van der Waals surface area (Å²) in [4.78, 5) is 0. The number of hydrogen-bond donors (Lipinski definition) is 1. The number of rotatable bonds is 1. The van der Waals surface area contributed by atoms with Crippen molar-refractivity contribution in [3.8, 4) is 0 Å². The third-order valence-corrected chi connectivity index (χ3v) is 5.71. The van der Waals surface area contributed by atoms with E-state index in [-0.39, 0.29) is 0 Å². The second-order valence-electron chi connectivity index (χ2n) is 5.73. The number of halogens is 2. The fourth-order valence-electron chi connectivity index (χ4n) is 3.61. The number of hydrogen-bond acceptors (Lipinski definition) is 1. The molecule has 2 aliphatic rings. The van der Waals surface area contributed by atoms with Crippen molar-refractivity contribution in [3.05, 3.63) is 74.7 Å². The van der Waals surface area contributed by atoms with Crippen molar-refractivity contribution in [2.45, 2.75) is 18.4 Å². The third kappa shape index (κ3) is 2.27. The molecule has 2 aromatic rings. The molecule has 0 radical (unpaired) electrons. The maximum Gasteiger partial charge on any atom is 0.0554 e. The van der Waals surface area contributed by atoms with Gasteiger partial charge in [-0.05, 0) is 57.6 Å². The minimum atomic E-state index is 0.355. The number of benzene rings is 2. The topological polar surface area (TPSA) is 12.0 Å². The summed E-state index contributed by atoms with van der Waals surface area (Å²) in [6.45, 7) is 0. The molecule has 1 heterocycles. The molecule has 1 nitrogen and oxygen atoms in total. The van der Waals surface area contributed by atoms with E-state index in [1.807, 2.05) is 0 Å². The smallest absolute Gasteiger partial charge is 0.0554 e. The summed E-state index contributed by atoms with van der Waals surface area (Å²) in [7, 11) is 0. The minimum Gasteiger partial charge on any atom is -0.377 e. The molecule has 1 N–H and O–H groups in total. The fourth-order valence-corrected chi connectivity index (χ4v) is 4.53. The van der Waals surface area contributed by atoms with E-state index in [0.717, 1.165) is 15.4 Å². The zero-order valence-electron chi connectivity index (χ0n) is 11.4. The van der Waals surface area contributed by atoms with Gasteiger partial charge in [0.2, 0.25) is 0 Å². The maximum atomic E-state index is 3.77. The molecule has 0 spiro atoms. The Morgan fingerprint density at radius 3 is 2.76 bits per heavy atom. The molecule has 0 aromatic heterocycles. The Morgan fingerprint density at radius 1 is 1.05 bits per heavy atom. The van der Waals surface area contributed by atoms with Crippen molar-refractivity contribution in [2.75, 3.05) is 5.32 Å². The lowest BCUT2D eigenvalue weighted by atomic mass is 9.77. The van der Waals surface area contributed by atoms with Crippen molar-refractivity contribution in [1.82, 2.24) is 0 Å². The van der Waals surface area contributed by atoms with E-state index >= 15 is 0 Å². The summed E-state index contributed by atoms with van der Waals surface area (Å²) >= 11 is 7.29. The van der Waals surface area contributed by atoms with E-state index < -0.39 is 0 Å². The molecule has 1 aliphatic carbocycles. The zero-order valence-corrected chi connectivity index (χ0v) is 14.6. The Labute approximate surface area is 141 Å². The van der Waals surface area contributed by atoms with Gasteiger partial charge in [-0.25, -0.2) is 0 Å². The monoisotopic (exact) mass is 403 g/mol. The predicted molar refractivity (Wildman–Crippen MR) is 94.6 cm³/mol. The molecule has 4 rings (SSSR count). The van der Waals surface area contributed by atoms with Crippen LogP contribution in [-0.4, -0.2) is 0 Å². The Hall–Kier alpha value is -1.06. The van der Waals surface area contributed by atoms with Gasteiger partial charge in [0.15, 0.2) is 0 Å². The fraction of sp³-hybridized carbons (Fsp3) is 0.222. The first kappa shape index (κ1) is 13.6. The molecule has 21 heavy (non-hydrogen) atoms. The van der Waals surface area contributed by atoms with Crippen LogP contribution in [0.1, 0.15) is 29.5 Å². The van der Waals surface area contributed by atoms with Gasteiger partial charge in [0.25, 0.3) is 0 Å². The maximum absolute atomic E-state index is 3.77. The Balaban J connectivity index is 1.83. The highest BCUT2D eigenvalue weighted by atomic mass is 79.9. The highest BCUT2D eigenvalue weighted by molar-refractivity contribution is 9.10. The SMILES string of the molecule is Brc1cccc([C@@H]2Nc3c(Br)cccc3[C@@H]3C=CC[C@@H]32)c1. The van der Waals surface area contributed by atoms with Crippen molar-refractivity contribution < 1.29 is 0 Å². The third-order valence-electron chi connectivity index (χ3n) is 4.55. The van der Waals surface area contributed by atoms with Crippen molar-refractivity contribution in [1.29, 1.82) is 0 Å². The molecule has 0 saturated heterocycles. The second-order valence-corrected chi connectivity index (χ2v) is 7.50. The van der Waals surface area contributed by atoms with Gasteiger partial charge in [-0.1, -0.05) is 52.3 Å². The highest BCUT2D eigenvalue weighted by Crippen LogP contribution is 2.51. The molecule has 106 valence electrons. The summed E-state index contributed by atoms with van der Waals surface area (Å²) < 4.78 is 2.29. The summed E-state index contributed by atoms with van der Waals surface area (Å²) in [6.07, 6.45) is 5.85. The summed E-state index contributed by atoms with van der Waals surface area (Å²) in [5.74, 6) is 1.11. The van der Waals surface area contributed by atoms with E-state index in [1.165, 1.54) is 16.8 Å². The summed E-state index contributed by atoms with van der Waals surface area (Å²) in [5.41, 5.74) is 4.01. The van der Waals surface area contributed by atoms with Crippen LogP contribution in [-0.2, 0) is 0 Å². The van der Waals surface area contributed by atoms with Gasteiger partial charge in [0.05, 0.1) is 11.7 Å². The van der Waals surface area contributed by atoms with E-state index in [1.54, 1.807) is 0 Å². The van der Waals surface area contributed by atoms with Gasteiger partial charge in [0, 0.05) is 14.9 Å². The van der Waals surface area contributed by atoms with Crippen LogP contribution in [0.4, 0.5) is 5.69 Å². The van der Waals surface area contributed by atoms with E-state index in [2.05, 4.69) is 91.8 Å². The van der Waals surface area contributed by atoms with Gasteiger partial charge in [-0.2, -0.15) is 0 Å². The minimum absolute atomic E-state index is 0.355. The molecule has 3 atom stereocenters. The molecular weight excluding hydrogens is 390 g/mol. The zero-order chi connectivity index (χ0) is 14.4. The Kier molecular flexibility index (Phi) is 3.43. The van der Waals surface area contributed by atoms with Gasteiger partial charge >= 0.3 is 0 Å². The lowest BCUT2D eigenvalue weighted by molar-refractivity contribution is 0.425. The largest absolute Gasteiger partial charge is 0.377 e. The van der Waals surface area contributed by atoms with E-state index in [9.17, 15) is 0 Å². The first-order valence-electron chi connectivity index (χ1n) is 7.21. The molecule has 1 aliphatic heterocycles. The average molecular weight is 405 g/mol. The number of nitrogens with one attached hydrogen (secondary N) is 1. The van der Waals surface area contributed by atoms with Gasteiger partial charge < -0.3 is 5.32 Å². The second kappa shape index (κ2) is 5.29. The van der Waals surface area contributed by atoms with Crippen LogP contribution in [0.3, 0.4) is 0 Å². The van der Waals surface area contributed by atoms with Crippen molar-refractivity contribution in [3.63, 3.8) is 0 Å². The predicted octanol–water partition coefficient (Wildman–Crippen LogP) is 6.04. The van der Waals surface area contributed by atoms with Gasteiger partial charge in [-0.15, -0.1) is 0 Å². The standard InChI is InChI=1S/C18H15Br2N/c19-12-5-1-4-11(10-12)17-14-7-2-6-13(14)15-8-3-9-16(20)18(15)21-17/h1-6,8-10,13-14,17,21H,7H2/t13-,14+,17+/m1/s1. The van der Waals surface area contributed by atoms with Crippen LogP contribution in [0, 0.1) is 5.92 Å². The van der Waals surface area contributed by atoms with E-state index in [0.29, 0.717) is 17.9 Å². The summed E-state index contributed by atoms with van der Waals surface area (Å²) in [6, 6.07) is 15.5. The molecule has 0 unspecified atom stereocenters. The number of anilines is 1. The average Bonchev–Trinajstić information content (AvgIpc) is 2.96. The molecular formula is C18H15Br2N. The Morgan fingerprint density at radius 2 is 1.90 bits per heavy atom. The van der Waals surface area contributed by atoms with Crippen molar-refractivity contribution >= 4 is 37.5 Å². The lowest BCUT2D eigenvalue weighted by Crippen LogP contribution is -2.29. The van der Waals surface area contributed by atoms with E-state index in [4.69, 9.17) is 0 Å². The first-order valence-corrected chi connectivity index (χ1v) is 8.80. The molecule has 0 fully saturated rings. The van der Waals surface area contributed by atoms with Gasteiger partial charge in [0.1, 0.15) is 0 Å². The molecule has 2 aromatic carbocycles. The molecule has 3 heteroatoms. The first-order chi connectivity index (χ1) is 10.2. The van der Waals surface area contributed by atoms with Gasteiger partial charge in [-0.3, -0.25) is 0 Å². The molecule has 0 bridgehead atoms. The lowest BCUT2D eigenvalue weighted by Gasteiger charge is -2.38. The summed E-state index contributed by atoms with van der Waals surface area (Å²) in [5, 5.41) is 3.77. The van der Waals surface area contributed by atoms with Crippen molar-refractivity contribution in [2.24, 2.45) is 5.92 Å². The molecule has 0 saturated carbocycles. The van der Waals surface area contributed by atoms with Crippen LogP contribution in [0.15, 0.2) is 63.6 Å². The normalized spacial score (nSPS) is 26.1. The number of para-hydroxylation sites is 1. The number of fused-ring (bicyclic) bond motifs is 3. The van der Waals surface area contributed by atoms with Crippen LogP contribution in [0.5, 0.6) is 0 Å². The van der Waals surface area contributed by atoms with Crippen LogP contribution < -0.4 is 5.32 Å². The number of allylic oxidation sites excluding steroid dienone is 2.